The van der Waals surface area contributed by atoms with E-state index < -0.39 is 34.9 Å². The van der Waals surface area contributed by atoms with Gasteiger partial charge < -0.3 is 36.8 Å². The minimum Gasteiger partial charge on any atom is -0.543 e. The van der Waals surface area contributed by atoms with Crippen LogP contribution in [0, 0.1) is 0 Å². The summed E-state index contributed by atoms with van der Waals surface area (Å²) in [4.78, 5) is 60.0. The lowest BCUT2D eigenvalue weighted by atomic mass is 10.0. The number of carboxylic acid groups (broad SMARTS) is 1. The first kappa shape index (κ1) is 30.6. The van der Waals surface area contributed by atoms with Crippen molar-refractivity contribution in [3.63, 3.8) is 0 Å². The summed E-state index contributed by atoms with van der Waals surface area (Å²) in [6, 6.07) is 0.739. The number of oxime groups is 1. The van der Waals surface area contributed by atoms with Gasteiger partial charge in [-0.1, -0.05) is 16.9 Å². The number of thioether (sulfide) groups is 3. The third-order valence-electron chi connectivity index (χ3n) is 5.80. The fourth-order valence-corrected chi connectivity index (χ4v) is 7.98. The standard InChI is InChI=1S/C23H26N8O6S4/c1-25-7-15(32)27-4-5-38-8-11-6-26-3-2-13(11)41-14-10-39-21-17(20(34)31(21)18(14)22(35)36)29-19(33)16(30-37)12-9-40-23(24)28-12/h2-3,6,9,17,21,25,37H,4-5,7-8,10H2,1H3,(H2,24,28)(H,27,32)(H,29,33)(H,35,36)/b30-16-/t17-,21-/m1/s1. The number of anilines is 1. The zero-order valence-corrected chi connectivity index (χ0v) is 24.8. The molecule has 2 aliphatic rings. The Bertz CT molecular complexity index is 1400. The third kappa shape index (κ3) is 7.13. The fraction of sp³-hybridized carbons (Fsp3) is 0.348. The van der Waals surface area contributed by atoms with Crippen LogP contribution in [-0.4, -0.2) is 92.5 Å². The number of fused-ring (bicyclic) bond motifs is 1. The number of nitrogen functional groups attached to an aromatic ring is 1. The van der Waals surface area contributed by atoms with Crippen molar-refractivity contribution in [2.45, 2.75) is 22.1 Å². The molecule has 218 valence electrons. The number of rotatable bonds is 13. The summed E-state index contributed by atoms with van der Waals surface area (Å²) >= 11 is 5.17. The Morgan fingerprint density at radius 3 is 2.88 bits per heavy atom. The van der Waals surface area contributed by atoms with Crippen LogP contribution in [0.4, 0.5) is 5.13 Å². The van der Waals surface area contributed by atoms with Gasteiger partial charge in [-0.2, -0.15) is 11.8 Å². The molecule has 2 atom stereocenters. The van der Waals surface area contributed by atoms with Gasteiger partial charge in [0.15, 0.2) is 17.4 Å². The fourth-order valence-electron chi connectivity index (χ4n) is 3.94. The number of likely N-dealkylation sites (N-methyl/N-ethyl adjacent to an activating group) is 1. The van der Waals surface area contributed by atoms with Gasteiger partial charge in [-0.15, -0.1) is 23.1 Å². The Balaban J connectivity index is 1.42. The number of thiazole rings is 1. The number of hydrogen-bond donors (Lipinski definition) is 5. The van der Waals surface area contributed by atoms with Crippen LogP contribution in [0.2, 0.25) is 0 Å². The van der Waals surface area contributed by atoms with Crippen LogP contribution in [0.15, 0.2) is 44.5 Å². The molecule has 4 heterocycles. The van der Waals surface area contributed by atoms with E-state index in [1.54, 1.807) is 35.5 Å². The predicted octanol–water partition coefficient (Wildman–Crippen LogP) is -2.01. The van der Waals surface area contributed by atoms with Gasteiger partial charge in [0.05, 0.1) is 18.7 Å². The van der Waals surface area contributed by atoms with Gasteiger partial charge >= 0.3 is 0 Å². The summed E-state index contributed by atoms with van der Waals surface area (Å²) in [5.41, 5.74) is 5.85. The van der Waals surface area contributed by atoms with E-state index in [-0.39, 0.29) is 28.2 Å². The highest BCUT2D eigenvalue weighted by Gasteiger charge is 2.53. The van der Waals surface area contributed by atoms with Crippen LogP contribution >= 0.6 is 46.6 Å². The molecule has 0 aromatic carbocycles. The van der Waals surface area contributed by atoms with Crippen molar-refractivity contribution in [2.75, 3.05) is 37.4 Å². The van der Waals surface area contributed by atoms with Gasteiger partial charge in [0.25, 0.3) is 17.7 Å². The van der Waals surface area contributed by atoms with E-state index in [4.69, 9.17) is 5.73 Å². The second-order valence-corrected chi connectivity index (χ2v) is 12.8. The highest BCUT2D eigenvalue weighted by atomic mass is 32.2. The highest BCUT2D eigenvalue weighted by Crippen LogP contribution is 2.45. The number of nitrogens with zero attached hydrogens (tertiary/aromatic N) is 4. The second kappa shape index (κ2) is 14.0. The van der Waals surface area contributed by atoms with Crippen LogP contribution in [0.25, 0.3) is 0 Å². The summed E-state index contributed by atoms with van der Waals surface area (Å²) in [7, 11) is 1.82. The van der Waals surface area contributed by atoms with Crippen LogP contribution in [0.3, 0.4) is 0 Å². The molecule has 0 bridgehead atoms. The number of aliphatic carboxylic acids is 1. The first-order valence-electron chi connectivity index (χ1n) is 12.1. The number of aromatic nitrogens is 2. The van der Waals surface area contributed by atoms with E-state index in [0.717, 1.165) is 26.7 Å². The molecule has 0 unspecified atom stereocenters. The molecule has 2 aliphatic heterocycles. The van der Waals surface area contributed by atoms with Gasteiger partial charge in [0.1, 0.15) is 17.1 Å². The Kier molecular flexibility index (Phi) is 10.5. The number of carbonyl (C=O) groups excluding carboxylic acids is 4. The molecular formula is C23H26N8O6S4. The Morgan fingerprint density at radius 1 is 1.39 bits per heavy atom. The van der Waals surface area contributed by atoms with Crippen LogP contribution < -0.4 is 26.8 Å². The van der Waals surface area contributed by atoms with E-state index in [1.165, 1.54) is 28.9 Å². The maximum Gasteiger partial charge on any atom is 0.276 e. The number of hydrogen-bond acceptors (Lipinski definition) is 14. The lowest BCUT2D eigenvalue weighted by Gasteiger charge is -2.50. The number of nitrogens with one attached hydrogen (secondary N) is 2. The third-order valence-corrected chi connectivity index (χ3v) is 10.1. The van der Waals surface area contributed by atoms with Crippen LogP contribution in [0.1, 0.15) is 11.3 Å². The number of pyridine rings is 1. The first-order valence-corrected chi connectivity index (χ1v) is 16.0. The van der Waals surface area contributed by atoms with Crippen molar-refractivity contribution in [3.05, 3.63) is 45.7 Å². The van der Waals surface area contributed by atoms with Gasteiger partial charge in [-0.05, 0) is 11.6 Å². The quantitative estimate of drug-likeness (QED) is 0.0529. The zero-order chi connectivity index (χ0) is 29.5. The lowest BCUT2D eigenvalue weighted by Crippen LogP contribution is -2.82. The molecule has 18 heteroatoms. The molecule has 14 nitrogen and oxygen atoms in total. The smallest absolute Gasteiger partial charge is 0.276 e. The van der Waals surface area contributed by atoms with Gasteiger partial charge in [0.2, 0.25) is 0 Å². The topological polar surface area (TPSA) is 220 Å². The number of carboxylic acids is 1. The minimum atomic E-state index is -1.50. The molecule has 3 amide bonds. The van der Waals surface area contributed by atoms with Gasteiger partial charge in [-0.25, -0.2) is 4.98 Å². The largest absolute Gasteiger partial charge is 0.543 e. The number of β-lactam (4-membered cyclic amide) rings is 1. The number of amides is 3. The van der Waals surface area contributed by atoms with Crippen LogP contribution in [0.5, 0.6) is 0 Å². The number of nitrogens with two attached hydrogens (primary N) is 2. The van der Waals surface area contributed by atoms with Gasteiger partial charge in [0, 0.05) is 51.4 Å². The highest BCUT2D eigenvalue weighted by molar-refractivity contribution is 8.06. The molecule has 1 fully saturated rings. The minimum absolute atomic E-state index is 0.0328. The summed E-state index contributed by atoms with van der Waals surface area (Å²) in [5.74, 6) is -1.48. The molecule has 1 saturated heterocycles. The van der Waals surface area contributed by atoms with E-state index in [2.05, 4.69) is 25.8 Å². The summed E-state index contributed by atoms with van der Waals surface area (Å²) < 4.78 is 0. The van der Waals surface area contributed by atoms with Crippen molar-refractivity contribution in [1.29, 1.82) is 0 Å². The second-order valence-electron chi connectivity index (χ2n) is 8.54. The molecule has 0 saturated carbocycles. The molecule has 2 aromatic heterocycles. The van der Waals surface area contributed by atoms with E-state index in [0.29, 0.717) is 29.5 Å². The number of quaternary nitrogens is 1. The van der Waals surface area contributed by atoms with Crippen molar-refractivity contribution >= 4 is 81.2 Å². The van der Waals surface area contributed by atoms with Gasteiger partial charge in [-0.3, -0.25) is 24.3 Å². The molecule has 7 N–H and O–H groups in total. The van der Waals surface area contributed by atoms with Crippen molar-refractivity contribution in [2.24, 2.45) is 5.16 Å². The SMILES string of the molecule is C[NH2+]CC(=O)NCCSCc1cnccc1SC1=C(C(=O)[O-])N2C(=O)[C@@H](NC(=O)/C(=N\O)c3csc(N)n3)[C@H]2SC1. The normalized spacial score (nSPS) is 18.5. The lowest BCUT2D eigenvalue weighted by molar-refractivity contribution is -0.615. The maximum atomic E-state index is 13.0. The average Bonchev–Trinajstić information content (AvgIpc) is 3.38. The molecule has 0 radical (unpaired) electrons. The molecule has 0 aliphatic carbocycles. The van der Waals surface area contributed by atoms with Crippen molar-refractivity contribution < 1.29 is 34.8 Å². The Morgan fingerprint density at radius 2 is 2.20 bits per heavy atom. The molecule has 41 heavy (non-hydrogen) atoms. The summed E-state index contributed by atoms with van der Waals surface area (Å²) in [6.45, 7) is 0.895. The Hall–Kier alpha value is -3.32. The average molecular weight is 639 g/mol. The van der Waals surface area contributed by atoms with E-state index in [1.807, 2.05) is 7.05 Å². The monoisotopic (exact) mass is 638 g/mol. The maximum absolute atomic E-state index is 13.0. The molecule has 0 spiro atoms. The summed E-state index contributed by atoms with van der Waals surface area (Å²) in [6.07, 6.45) is 3.31. The molecular weight excluding hydrogens is 613 g/mol. The van der Waals surface area contributed by atoms with E-state index in [9.17, 15) is 29.5 Å². The van der Waals surface area contributed by atoms with E-state index >= 15 is 0 Å². The molecule has 4 rings (SSSR count). The Labute approximate surface area is 251 Å². The number of carbonyl (C=O) groups is 4. The summed E-state index contributed by atoms with van der Waals surface area (Å²) in [5, 5.41) is 32.6. The first-order chi connectivity index (χ1) is 19.7. The van der Waals surface area contributed by atoms with Crippen molar-refractivity contribution in [1.82, 2.24) is 25.5 Å². The van der Waals surface area contributed by atoms with Crippen LogP contribution in [-0.2, 0) is 24.9 Å². The van der Waals surface area contributed by atoms with Crippen molar-refractivity contribution in [3.8, 4) is 0 Å². The zero-order valence-electron chi connectivity index (χ0n) is 21.6. The molecule has 2 aromatic rings. The predicted molar refractivity (Wildman–Crippen MR) is 154 cm³/mol.